The van der Waals surface area contributed by atoms with Crippen molar-refractivity contribution in [3.63, 3.8) is 0 Å². The molecule has 0 aromatic heterocycles. The molecule has 4 aliphatic rings. The summed E-state index contributed by atoms with van der Waals surface area (Å²) in [7, 11) is 0. The Labute approximate surface area is 333 Å². The number of anilines is 1. The SMILES string of the molecule is Nc1ccc(-c2cccc3c2Oc2c(C4=CC(C5=CC=CCC5)=NC(c5ccc(-c6ccccc6)cc5)N4)cccc2C32c3ccccc3-c3ccccc32)cc1. The van der Waals surface area contributed by atoms with Gasteiger partial charge in [0.25, 0.3) is 0 Å². The monoisotopic (exact) mass is 733 g/mol. The Balaban J connectivity index is 1.12. The van der Waals surface area contributed by atoms with Crippen molar-refractivity contribution in [1.82, 2.24) is 5.32 Å². The molecule has 0 saturated heterocycles. The summed E-state index contributed by atoms with van der Waals surface area (Å²) in [5.74, 6) is 1.70. The van der Waals surface area contributed by atoms with Crippen LogP contribution in [0.3, 0.4) is 0 Å². The lowest BCUT2D eigenvalue weighted by Gasteiger charge is -2.41. The van der Waals surface area contributed by atoms with Gasteiger partial charge in [-0.2, -0.15) is 0 Å². The van der Waals surface area contributed by atoms with E-state index < -0.39 is 5.41 Å². The minimum absolute atomic E-state index is 0.296. The van der Waals surface area contributed by atoms with Gasteiger partial charge in [-0.3, -0.25) is 4.99 Å². The molecular formula is C53H39N3O. The summed E-state index contributed by atoms with van der Waals surface area (Å²) < 4.78 is 7.40. The number of benzene rings is 7. The molecule has 1 unspecified atom stereocenters. The number of hydrogen-bond acceptors (Lipinski definition) is 4. The van der Waals surface area contributed by atoms with Crippen LogP contribution in [0.25, 0.3) is 39.1 Å². The lowest BCUT2D eigenvalue weighted by Crippen LogP contribution is -2.33. The van der Waals surface area contributed by atoms with Crippen molar-refractivity contribution in [2.24, 2.45) is 4.99 Å². The van der Waals surface area contributed by atoms with E-state index in [1.807, 2.05) is 12.1 Å². The number of nitrogen functional groups attached to an aromatic ring is 1. The molecule has 0 radical (unpaired) electrons. The summed E-state index contributed by atoms with van der Waals surface area (Å²) >= 11 is 0. The number of nitrogens with one attached hydrogen (secondary N) is 1. The van der Waals surface area contributed by atoms with Gasteiger partial charge in [0.2, 0.25) is 0 Å². The molecule has 7 aromatic rings. The third kappa shape index (κ3) is 5.25. The first-order valence-electron chi connectivity index (χ1n) is 19.7. The van der Waals surface area contributed by atoms with E-state index in [4.69, 9.17) is 15.5 Å². The summed E-state index contributed by atoms with van der Waals surface area (Å²) in [6.45, 7) is 0. The summed E-state index contributed by atoms with van der Waals surface area (Å²) in [5.41, 5.74) is 23.3. The smallest absolute Gasteiger partial charge is 0.145 e. The molecule has 11 rings (SSSR count). The maximum absolute atomic E-state index is 7.40. The van der Waals surface area contributed by atoms with E-state index in [1.54, 1.807) is 0 Å². The van der Waals surface area contributed by atoms with Crippen molar-refractivity contribution in [2.75, 3.05) is 5.73 Å². The van der Waals surface area contributed by atoms with E-state index in [-0.39, 0.29) is 6.17 Å². The minimum atomic E-state index is -0.620. The number of para-hydroxylation sites is 2. The van der Waals surface area contributed by atoms with Crippen LogP contribution >= 0.6 is 0 Å². The van der Waals surface area contributed by atoms with Gasteiger partial charge < -0.3 is 15.8 Å². The van der Waals surface area contributed by atoms with Gasteiger partial charge in [0.1, 0.15) is 17.7 Å². The van der Waals surface area contributed by atoms with Gasteiger partial charge in [0.15, 0.2) is 0 Å². The average molecular weight is 734 g/mol. The Morgan fingerprint density at radius 1 is 0.561 bits per heavy atom. The normalized spacial score (nSPS) is 16.8. The van der Waals surface area contributed by atoms with Gasteiger partial charge in [0.05, 0.1) is 11.1 Å². The maximum Gasteiger partial charge on any atom is 0.145 e. The summed E-state index contributed by atoms with van der Waals surface area (Å²) in [6, 6.07) is 58.4. The molecule has 0 fully saturated rings. The van der Waals surface area contributed by atoms with Crippen molar-refractivity contribution in [3.05, 3.63) is 227 Å². The van der Waals surface area contributed by atoms with Crippen molar-refractivity contribution < 1.29 is 4.74 Å². The Kier molecular flexibility index (Phi) is 7.71. The van der Waals surface area contributed by atoms with E-state index in [1.165, 1.54) is 39.0 Å². The lowest BCUT2D eigenvalue weighted by atomic mass is 9.65. The van der Waals surface area contributed by atoms with Gasteiger partial charge >= 0.3 is 0 Å². The summed E-state index contributed by atoms with van der Waals surface area (Å²) in [6.07, 6.45) is 10.5. The Morgan fingerprint density at radius 2 is 1.14 bits per heavy atom. The zero-order valence-corrected chi connectivity index (χ0v) is 31.3. The Morgan fingerprint density at radius 3 is 1.82 bits per heavy atom. The Bertz CT molecular complexity index is 2800. The van der Waals surface area contributed by atoms with E-state index in [0.29, 0.717) is 0 Å². The standard InChI is InChI=1S/C53H39N3O/c54-39-31-29-36(30-32-39)40-19-11-23-46-50(40)57-51-43(20-12-24-47(51)53(46)44-21-9-7-17-41(44)42-18-8-10-22-45(42)53)49-33-48(37-15-5-2-6-16-37)55-52(56-49)38-27-25-35(26-28-38)34-13-3-1-4-14-34/h1-5,7-15,17-33,52,56H,6,16,54H2. The fourth-order valence-corrected chi connectivity index (χ4v) is 9.38. The van der Waals surface area contributed by atoms with Crippen molar-refractivity contribution in [3.8, 4) is 44.9 Å². The fraction of sp³-hybridized carbons (Fsp3) is 0.0755. The topological polar surface area (TPSA) is 59.6 Å². The molecule has 2 aliphatic carbocycles. The molecule has 0 amide bonds. The van der Waals surface area contributed by atoms with E-state index >= 15 is 0 Å². The second-order valence-corrected chi connectivity index (χ2v) is 15.2. The van der Waals surface area contributed by atoms with E-state index in [0.717, 1.165) is 74.8 Å². The highest BCUT2D eigenvalue weighted by atomic mass is 16.5. The van der Waals surface area contributed by atoms with Crippen LogP contribution in [0.4, 0.5) is 5.69 Å². The molecule has 57 heavy (non-hydrogen) atoms. The molecule has 7 aromatic carbocycles. The number of rotatable bonds is 5. The zero-order chi connectivity index (χ0) is 37.9. The number of aliphatic imine (C=N–C) groups is 1. The number of fused-ring (bicyclic) bond motifs is 9. The molecule has 4 nitrogen and oxygen atoms in total. The van der Waals surface area contributed by atoms with Crippen LogP contribution in [-0.2, 0) is 5.41 Å². The van der Waals surface area contributed by atoms with Gasteiger partial charge in [-0.15, -0.1) is 0 Å². The van der Waals surface area contributed by atoms with Crippen LogP contribution in [-0.4, -0.2) is 5.71 Å². The molecule has 0 saturated carbocycles. The molecule has 2 heterocycles. The third-order valence-electron chi connectivity index (χ3n) is 12.0. The van der Waals surface area contributed by atoms with E-state index in [9.17, 15) is 0 Å². The maximum atomic E-state index is 7.40. The molecule has 0 bridgehead atoms. The summed E-state index contributed by atoms with van der Waals surface area (Å²) in [4.78, 5) is 5.37. The largest absolute Gasteiger partial charge is 0.455 e. The first-order valence-corrected chi connectivity index (χ1v) is 19.7. The quantitative estimate of drug-likeness (QED) is 0.173. The number of allylic oxidation sites excluding steroid dienone is 5. The van der Waals surface area contributed by atoms with Gasteiger partial charge in [-0.1, -0.05) is 164 Å². The number of nitrogens with two attached hydrogens (primary N) is 1. The van der Waals surface area contributed by atoms with Gasteiger partial charge in [-0.25, -0.2) is 0 Å². The van der Waals surface area contributed by atoms with Gasteiger partial charge in [0, 0.05) is 33.6 Å². The minimum Gasteiger partial charge on any atom is -0.455 e. The second kappa shape index (κ2) is 13.2. The second-order valence-electron chi connectivity index (χ2n) is 15.2. The number of hydrogen-bond donors (Lipinski definition) is 2. The van der Waals surface area contributed by atoms with Crippen LogP contribution in [0.15, 0.2) is 199 Å². The van der Waals surface area contributed by atoms with Crippen molar-refractivity contribution >= 4 is 17.1 Å². The molecule has 2 aliphatic heterocycles. The van der Waals surface area contributed by atoms with Gasteiger partial charge in [-0.05, 0) is 87.2 Å². The Hall–Kier alpha value is -7.17. The van der Waals surface area contributed by atoms with Crippen LogP contribution in [0.1, 0.15) is 52.4 Å². The number of nitrogens with zero attached hydrogens (tertiary/aromatic N) is 1. The molecule has 4 heteroatoms. The predicted octanol–water partition coefficient (Wildman–Crippen LogP) is 12.4. The highest BCUT2D eigenvalue weighted by molar-refractivity contribution is 6.13. The zero-order valence-electron chi connectivity index (χ0n) is 31.3. The molecule has 1 atom stereocenters. The summed E-state index contributed by atoms with van der Waals surface area (Å²) in [5, 5.41) is 3.89. The average Bonchev–Trinajstić information content (AvgIpc) is 3.57. The van der Waals surface area contributed by atoms with Crippen LogP contribution in [0.2, 0.25) is 0 Å². The first kappa shape index (κ1) is 33.2. The highest BCUT2D eigenvalue weighted by Crippen LogP contribution is 2.64. The predicted molar refractivity (Wildman–Crippen MR) is 233 cm³/mol. The lowest BCUT2D eigenvalue weighted by molar-refractivity contribution is 0.436. The van der Waals surface area contributed by atoms with Crippen molar-refractivity contribution in [1.29, 1.82) is 0 Å². The third-order valence-corrected chi connectivity index (χ3v) is 12.0. The van der Waals surface area contributed by atoms with E-state index in [2.05, 4.69) is 181 Å². The molecule has 3 N–H and O–H groups in total. The van der Waals surface area contributed by atoms with Crippen molar-refractivity contribution in [2.45, 2.75) is 24.4 Å². The molecular weight excluding hydrogens is 695 g/mol. The molecule has 272 valence electrons. The fourth-order valence-electron chi connectivity index (χ4n) is 9.38. The van der Waals surface area contributed by atoms with Crippen LogP contribution < -0.4 is 15.8 Å². The first-order chi connectivity index (χ1) is 28.2. The molecule has 1 spiro atoms. The van der Waals surface area contributed by atoms with Crippen LogP contribution in [0.5, 0.6) is 11.5 Å². The van der Waals surface area contributed by atoms with Crippen LogP contribution in [0, 0.1) is 0 Å². The highest BCUT2D eigenvalue weighted by Gasteiger charge is 2.52. The number of ether oxygens (including phenoxy) is 1.